The maximum absolute atomic E-state index is 5.42. The zero-order chi connectivity index (χ0) is 12.4. The van der Waals surface area contributed by atoms with E-state index in [1.165, 1.54) is 16.8 Å². The second kappa shape index (κ2) is 5.09. The second-order valence-electron chi connectivity index (χ2n) is 5.29. The number of rotatable bonds is 3. The van der Waals surface area contributed by atoms with E-state index in [1.807, 2.05) is 7.11 Å². The summed E-state index contributed by atoms with van der Waals surface area (Å²) < 4.78 is 5.42. The highest BCUT2D eigenvalue weighted by Gasteiger charge is 2.23. The lowest BCUT2D eigenvalue weighted by Crippen LogP contribution is -2.22. The van der Waals surface area contributed by atoms with Crippen LogP contribution in [0.2, 0.25) is 0 Å². The highest BCUT2D eigenvalue weighted by molar-refractivity contribution is 5.55. The molecule has 2 rings (SSSR count). The van der Waals surface area contributed by atoms with Gasteiger partial charge in [0.25, 0.3) is 0 Å². The summed E-state index contributed by atoms with van der Waals surface area (Å²) in [6.45, 7) is 8.83. The molecule has 1 aromatic rings. The maximum Gasteiger partial charge on any atom is 0.0762 e. The predicted octanol–water partition coefficient (Wildman–Crippen LogP) is 3.34. The molecule has 1 unspecified atom stereocenters. The molecule has 1 fully saturated rings. The van der Waals surface area contributed by atoms with Crippen molar-refractivity contribution in [3.8, 4) is 0 Å². The average Bonchev–Trinajstić information content (AvgIpc) is 2.77. The largest absolute Gasteiger partial charge is 0.380 e. The van der Waals surface area contributed by atoms with Gasteiger partial charge in [-0.25, -0.2) is 0 Å². The zero-order valence-corrected chi connectivity index (χ0v) is 11.4. The molecule has 2 heteroatoms. The van der Waals surface area contributed by atoms with Crippen LogP contribution in [0.1, 0.15) is 37.3 Å². The van der Waals surface area contributed by atoms with E-state index in [2.05, 4.69) is 43.9 Å². The van der Waals surface area contributed by atoms with Gasteiger partial charge >= 0.3 is 0 Å². The minimum absolute atomic E-state index is 0.402. The van der Waals surface area contributed by atoms with Crippen LogP contribution in [0.3, 0.4) is 0 Å². The Balaban J connectivity index is 2.17. The van der Waals surface area contributed by atoms with Crippen molar-refractivity contribution in [3.63, 3.8) is 0 Å². The molecular formula is C15H23NO. The minimum Gasteiger partial charge on any atom is -0.380 e. The summed E-state index contributed by atoms with van der Waals surface area (Å²) in [6.07, 6.45) is 1.54. The first-order valence-electron chi connectivity index (χ1n) is 6.50. The first-order valence-corrected chi connectivity index (χ1v) is 6.50. The van der Waals surface area contributed by atoms with Gasteiger partial charge in [0.15, 0.2) is 0 Å². The fourth-order valence-electron chi connectivity index (χ4n) is 2.53. The van der Waals surface area contributed by atoms with Gasteiger partial charge in [-0.1, -0.05) is 26.0 Å². The van der Waals surface area contributed by atoms with Crippen LogP contribution in [-0.2, 0) is 4.74 Å². The molecule has 0 N–H and O–H groups in total. The van der Waals surface area contributed by atoms with Crippen LogP contribution >= 0.6 is 0 Å². The third-order valence-electron chi connectivity index (χ3n) is 3.71. The van der Waals surface area contributed by atoms with Crippen molar-refractivity contribution in [1.29, 1.82) is 0 Å². The average molecular weight is 233 g/mol. The lowest BCUT2D eigenvalue weighted by atomic mass is 10.00. The van der Waals surface area contributed by atoms with Crippen molar-refractivity contribution in [1.82, 2.24) is 0 Å². The number of hydrogen-bond donors (Lipinski definition) is 0. The molecule has 0 aliphatic carbocycles. The number of nitrogens with zero attached hydrogens (tertiary/aromatic N) is 1. The van der Waals surface area contributed by atoms with E-state index in [0.717, 1.165) is 19.5 Å². The molecule has 1 aliphatic heterocycles. The fraction of sp³-hybridized carbons (Fsp3) is 0.600. The molecule has 1 heterocycles. The van der Waals surface area contributed by atoms with Gasteiger partial charge in [0.05, 0.1) is 6.10 Å². The SMILES string of the molecule is COC1CCN(c2ccc(C(C)C)cc2C)C1. The Kier molecular flexibility index (Phi) is 3.72. The number of aryl methyl sites for hydroxylation is 1. The lowest BCUT2D eigenvalue weighted by molar-refractivity contribution is 0.121. The van der Waals surface area contributed by atoms with Crippen LogP contribution < -0.4 is 4.90 Å². The van der Waals surface area contributed by atoms with Crippen LogP contribution in [-0.4, -0.2) is 26.3 Å². The molecule has 17 heavy (non-hydrogen) atoms. The molecule has 0 amide bonds. The molecule has 2 nitrogen and oxygen atoms in total. The van der Waals surface area contributed by atoms with Gasteiger partial charge in [-0.3, -0.25) is 0 Å². The Morgan fingerprint density at radius 2 is 2.12 bits per heavy atom. The van der Waals surface area contributed by atoms with Gasteiger partial charge in [0.1, 0.15) is 0 Å². The van der Waals surface area contributed by atoms with Crippen LogP contribution in [0.25, 0.3) is 0 Å². The van der Waals surface area contributed by atoms with Crippen molar-refractivity contribution in [2.45, 2.75) is 39.2 Å². The van der Waals surface area contributed by atoms with Crippen molar-refractivity contribution < 1.29 is 4.74 Å². The Labute approximate surface area is 105 Å². The Morgan fingerprint density at radius 1 is 1.35 bits per heavy atom. The number of methoxy groups -OCH3 is 1. The molecule has 1 saturated heterocycles. The molecule has 0 spiro atoms. The Hall–Kier alpha value is -1.02. The first kappa shape index (κ1) is 12.4. The number of benzene rings is 1. The highest BCUT2D eigenvalue weighted by atomic mass is 16.5. The molecule has 1 atom stereocenters. The van der Waals surface area contributed by atoms with Crippen LogP contribution in [0.15, 0.2) is 18.2 Å². The van der Waals surface area contributed by atoms with Gasteiger partial charge in [-0.05, 0) is 36.5 Å². The van der Waals surface area contributed by atoms with E-state index < -0.39 is 0 Å². The van der Waals surface area contributed by atoms with E-state index in [4.69, 9.17) is 4.74 Å². The van der Waals surface area contributed by atoms with Crippen molar-refractivity contribution in [2.75, 3.05) is 25.1 Å². The highest BCUT2D eigenvalue weighted by Crippen LogP contribution is 2.28. The van der Waals surface area contributed by atoms with E-state index in [-0.39, 0.29) is 0 Å². The predicted molar refractivity (Wildman–Crippen MR) is 72.9 cm³/mol. The number of ether oxygens (including phenoxy) is 1. The molecule has 1 aromatic carbocycles. The van der Waals surface area contributed by atoms with E-state index >= 15 is 0 Å². The zero-order valence-electron chi connectivity index (χ0n) is 11.4. The molecule has 0 bridgehead atoms. The summed E-state index contributed by atoms with van der Waals surface area (Å²) in [5, 5.41) is 0. The van der Waals surface area contributed by atoms with Gasteiger partial charge in [0, 0.05) is 25.9 Å². The summed E-state index contributed by atoms with van der Waals surface area (Å²) >= 11 is 0. The van der Waals surface area contributed by atoms with Gasteiger partial charge in [-0.2, -0.15) is 0 Å². The van der Waals surface area contributed by atoms with Gasteiger partial charge in [-0.15, -0.1) is 0 Å². The third-order valence-corrected chi connectivity index (χ3v) is 3.71. The van der Waals surface area contributed by atoms with E-state index in [0.29, 0.717) is 12.0 Å². The molecule has 0 saturated carbocycles. The number of hydrogen-bond acceptors (Lipinski definition) is 2. The van der Waals surface area contributed by atoms with Crippen LogP contribution in [0.5, 0.6) is 0 Å². The Bertz CT molecular complexity index is 387. The summed E-state index contributed by atoms with van der Waals surface area (Å²) in [4.78, 5) is 2.44. The normalized spacial score (nSPS) is 20.3. The first-order chi connectivity index (χ1) is 8.11. The smallest absolute Gasteiger partial charge is 0.0762 e. The lowest BCUT2D eigenvalue weighted by Gasteiger charge is -2.21. The molecular weight excluding hydrogens is 210 g/mol. The summed E-state index contributed by atoms with van der Waals surface area (Å²) in [5.74, 6) is 0.605. The summed E-state index contributed by atoms with van der Waals surface area (Å²) in [6, 6.07) is 6.84. The molecule has 1 aliphatic rings. The van der Waals surface area contributed by atoms with Crippen molar-refractivity contribution in [3.05, 3.63) is 29.3 Å². The van der Waals surface area contributed by atoms with Crippen LogP contribution in [0.4, 0.5) is 5.69 Å². The van der Waals surface area contributed by atoms with E-state index in [1.54, 1.807) is 0 Å². The molecule has 0 radical (unpaired) electrons. The molecule has 94 valence electrons. The quantitative estimate of drug-likeness (QED) is 0.794. The fourth-order valence-corrected chi connectivity index (χ4v) is 2.53. The van der Waals surface area contributed by atoms with Gasteiger partial charge in [0.2, 0.25) is 0 Å². The topological polar surface area (TPSA) is 12.5 Å². The monoisotopic (exact) mass is 233 g/mol. The molecule has 0 aromatic heterocycles. The third kappa shape index (κ3) is 2.63. The maximum atomic E-state index is 5.42. The Morgan fingerprint density at radius 3 is 2.65 bits per heavy atom. The summed E-state index contributed by atoms with van der Waals surface area (Å²) in [7, 11) is 1.81. The van der Waals surface area contributed by atoms with E-state index in [9.17, 15) is 0 Å². The minimum atomic E-state index is 0.402. The summed E-state index contributed by atoms with van der Waals surface area (Å²) in [5.41, 5.74) is 4.18. The van der Waals surface area contributed by atoms with Crippen LogP contribution in [0, 0.1) is 6.92 Å². The van der Waals surface area contributed by atoms with Gasteiger partial charge < -0.3 is 9.64 Å². The van der Waals surface area contributed by atoms with Crippen molar-refractivity contribution in [2.24, 2.45) is 0 Å². The standard InChI is InChI=1S/C15H23NO/c1-11(2)13-5-6-15(12(3)9-13)16-8-7-14(10-16)17-4/h5-6,9,11,14H,7-8,10H2,1-4H3. The van der Waals surface area contributed by atoms with Crippen molar-refractivity contribution >= 4 is 5.69 Å². The number of anilines is 1. The second-order valence-corrected chi connectivity index (χ2v) is 5.29.